The quantitative estimate of drug-likeness (QED) is 0.824. The highest BCUT2D eigenvalue weighted by Crippen LogP contribution is 2.36. The average Bonchev–Trinajstić information content (AvgIpc) is 2.98. The van der Waals surface area contributed by atoms with Gasteiger partial charge in [-0.2, -0.15) is 0 Å². The lowest BCUT2D eigenvalue weighted by atomic mass is 10.1. The average molecular weight is 327 g/mol. The second-order valence-electron chi connectivity index (χ2n) is 5.73. The standard InChI is InChI=1S/C19H21NO2S/c1-14-6-4-8-16(12-14)22-11-5-10-20-19(21)18-13-15-7-2-3-9-17(15)23-18/h2-4,6-9,12,18H,5,10-11,13H2,1H3,(H,20,21). The van der Waals surface area contributed by atoms with Crippen molar-refractivity contribution in [3.05, 3.63) is 59.7 Å². The fraction of sp³-hybridized carbons (Fsp3) is 0.316. The van der Waals surface area contributed by atoms with Crippen LogP contribution in [-0.2, 0) is 11.2 Å². The van der Waals surface area contributed by atoms with Crippen LogP contribution in [0, 0.1) is 6.92 Å². The van der Waals surface area contributed by atoms with Gasteiger partial charge in [-0.1, -0.05) is 30.3 Å². The van der Waals surface area contributed by atoms with E-state index in [-0.39, 0.29) is 11.2 Å². The Morgan fingerprint density at radius 1 is 1.26 bits per heavy atom. The minimum Gasteiger partial charge on any atom is -0.494 e. The molecule has 2 aromatic carbocycles. The molecule has 1 unspecified atom stereocenters. The first-order chi connectivity index (χ1) is 11.2. The summed E-state index contributed by atoms with van der Waals surface area (Å²) in [7, 11) is 0. The number of nitrogens with one attached hydrogen (secondary N) is 1. The lowest BCUT2D eigenvalue weighted by Crippen LogP contribution is -2.33. The minimum absolute atomic E-state index is 0.00471. The van der Waals surface area contributed by atoms with Crippen LogP contribution in [0.4, 0.5) is 0 Å². The van der Waals surface area contributed by atoms with Crippen LogP contribution in [0.1, 0.15) is 17.5 Å². The van der Waals surface area contributed by atoms with Crippen LogP contribution in [0.5, 0.6) is 5.75 Å². The third kappa shape index (κ3) is 4.29. The van der Waals surface area contributed by atoms with Crippen molar-refractivity contribution < 1.29 is 9.53 Å². The van der Waals surface area contributed by atoms with E-state index in [2.05, 4.69) is 17.4 Å². The third-order valence-electron chi connectivity index (χ3n) is 3.82. The van der Waals surface area contributed by atoms with Gasteiger partial charge in [-0.05, 0) is 49.1 Å². The van der Waals surface area contributed by atoms with Gasteiger partial charge in [0.2, 0.25) is 5.91 Å². The van der Waals surface area contributed by atoms with Gasteiger partial charge in [0, 0.05) is 11.4 Å². The predicted octanol–water partition coefficient (Wildman–Crippen LogP) is 3.60. The molecule has 0 spiro atoms. The molecule has 3 nitrogen and oxygen atoms in total. The number of ether oxygens (including phenoxy) is 1. The van der Waals surface area contributed by atoms with Crippen LogP contribution in [0.3, 0.4) is 0 Å². The fourth-order valence-electron chi connectivity index (χ4n) is 2.62. The van der Waals surface area contributed by atoms with Crippen molar-refractivity contribution in [1.82, 2.24) is 5.32 Å². The Hall–Kier alpha value is -1.94. The summed E-state index contributed by atoms with van der Waals surface area (Å²) in [5, 5.41) is 3.02. The van der Waals surface area contributed by atoms with E-state index in [1.54, 1.807) is 11.8 Å². The zero-order valence-electron chi connectivity index (χ0n) is 13.2. The first kappa shape index (κ1) is 15.9. The van der Waals surface area contributed by atoms with Crippen LogP contribution in [-0.4, -0.2) is 24.3 Å². The van der Waals surface area contributed by atoms with Crippen LogP contribution < -0.4 is 10.1 Å². The Morgan fingerprint density at radius 3 is 2.96 bits per heavy atom. The van der Waals surface area contributed by atoms with Crippen LogP contribution in [0.15, 0.2) is 53.4 Å². The number of aryl methyl sites for hydroxylation is 1. The monoisotopic (exact) mass is 327 g/mol. The van der Waals surface area contributed by atoms with Crippen molar-refractivity contribution in [2.75, 3.05) is 13.2 Å². The largest absolute Gasteiger partial charge is 0.494 e. The Labute approximate surface area is 141 Å². The van der Waals surface area contributed by atoms with Crippen molar-refractivity contribution in [2.24, 2.45) is 0 Å². The highest BCUT2D eigenvalue weighted by Gasteiger charge is 2.27. The molecule has 2 aromatic rings. The highest BCUT2D eigenvalue weighted by molar-refractivity contribution is 8.01. The number of benzene rings is 2. The van der Waals surface area contributed by atoms with Crippen LogP contribution in [0.2, 0.25) is 0 Å². The SMILES string of the molecule is Cc1cccc(OCCCNC(=O)C2Cc3ccccc3S2)c1. The molecule has 1 aliphatic heterocycles. The summed E-state index contributed by atoms with van der Waals surface area (Å²) >= 11 is 1.66. The van der Waals surface area contributed by atoms with Crippen molar-refractivity contribution in [1.29, 1.82) is 0 Å². The van der Waals surface area contributed by atoms with Crippen molar-refractivity contribution in [2.45, 2.75) is 29.9 Å². The number of fused-ring (bicyclic) bond motifs is 1. The van der Waals surface area contributed by atoms with Crippen molar-refractivity contribution in [3.8, 4) is 5.75 Å². The summed E-state index contributed by atoms with van der Waals surface area (Å²) in [5.41, 5.74) is 2.47. The molecule has 1 heterocycles. The maximum atomic E-state index is 12.2. The molecule has 3 rings (SSSR count). The molecule has 23 heavy (non-hydrogen) atoms. The van der Waals surface area contributed by atoms with E-state index < -0.39 is 0 Å². The zero-order chi connectivity index (χ0) is 16.1. The Balaban J connectivity index is 1.36. The van der Waals surface area contributed by atoms with Gasteiger partial charge < -0.3 is 10.1 Å². The van der Waals surface area contributed by atoms with Gasteiger partial charge in [0.15, 0.2) is 0 Å². The molecular weight excluding hydrogens is 306 g/mol. The van der Waals surface area contributed by atoms with Gasteiger partial charge in [0.1, 0.15) is 5.75 Å². The molecule has 0 bridgehead atoms. The molecule has 0 radical (unpaired) electrons. The number of hydrogen-bond acceptors (Lipinski definition) is 3. The molecule has 4 heteroatoms. The molecule has 0 saturated heterocycles. The van der Waals surface area contributed by atoms with Gasteiger partial charge in [-0.15, -0.1) is 11.8 Å². The normalized spacial score (nSPS) is 16.0. The van der Waals surface area contributed by atoms with E-state index in [4.69, 9.17) is 4.74 Å². The van der Waals surface area contributed by atoms with E-state index in [0.717, 1.165) is 18.6 Å². The topological polar surface area (TPSA) is 38.3 Å². The molecule has 0 aromatic heterocycles. The van der Waals surface area contributed by atoms with Gasteiger partial charge >= 0.3 is 0 Å². The van der Waals surface area contributed by atoms with E-state index >= 15 is 0 Å². The molecular formula is C19H21NO2S. The summed E-state index contributed by atoms with van der Waals surface area (Å²) in [6, 6.07) is 16.3. The molecule has 1 N–H and O–H groups in total. The predicted molar refractivity (Wildman–Crippen MR) is 94.1 cm³/mol. The van der Waals surface area contributed by atoms with Gasteiger partial charge in [0.25, 0.3) is 0 Å². The third-order valence-corrected chi connectivity index (χ3v) is 5.14. The smallest absolute Gasteiger partial charge is 0.233 e. The second-order valence-corrected chi connectivity index (χ2v) is 6.97. The van der Waals surface area contributed by atoms with Crippen molar-refractivity contribution >= 4 is 17.7 Å². The number of rotatable bonds is 6. The molecule has 1 aliphatic rings. The Bertz CT molecular complexity index is 662. The fourth-order valence-corrected chi connectivity index (χ4v) is 3.84. The summed E-state index contributed by atoms with van der Waals surface area (Å²) in [6.45, 7) is 3.31. The van der Waals surface area contributed by atoms with E-state index in [0.29, 0.717) is 13.2 Å². The number of carbonyl (C=O) groups is 1. The maximum absolute atomic E-state index is 12.2. The first-order valence-corrected chi connectivity index (χ1v) is 8.82. The van der Waals surface area contributed by atoms with Crippen molar-refractivity contribution in [3.63, 3.8) is 0 Å². The molecule has 0 saturated carbocycles. The maximum Gasteiger partial charge on any atom is 0.233 e. The number of thioether (sulfide) groups is 1. The second kappa shape index (κ2) is 7.55. The minimum atomic E-state index is 0.00471. The molecule has 0 fully saturated rings. The lowest BCUT2D eigenvalue weighted by Gasteiger charge is -2.10. The highest BCUT2D eigenvalue weighted by atomic mass is 32.2. The van der Waals surface area contributed by atoms with E-state index in [1.165, 1.54) is 16.0 Å². The Morgan fingerprint density at radius 2 is 2.13 bits per heavy atom. The Kier molecular flexibility index (Phi) is 5.23. The van der Waals surface area contributed by atoms with Crippen LogP contribution >= 0.6 is 11.8 Å². The van der Waals surface area contributed by atoms with Gasteiger partial charge in [-0.25, -0.2) is 0 Å². The summed E-state index contributed by atoms with van der Waals surface area (Å²) < 4.78 is 5.69. The molecule has 1 amide bonds. The number of amides is 1. The van der Waals surface area contributed by atoms with Gasteiger partial charge in [-0.3, -0.25) is 4.79 Å². The molecule has 120 valence electrons. The van der Waals surface area contributed by atoms with Crippen LogP contribution in [0.25, 0.3) is 0 Å². The molecule has 0 aliphatic carbocycles. The van der Waals surface area contributed by atoms with Gasteiger partial charge in [0.05, 0.1) is 11.9 Å². The zero-order valence-corrected chi connectivity index (χ0v) is 14.1. The number of hydrogen-bond donors (Lipinski definition) is 1. The summed E-state index contributed by atoms with van der Waals surface area (Å²) in [4.78, 5) is 13.5. The summed E-state index contributed by atoms with van der Waals surface area (Å²) in [5.74, 6) is 1.01. The van der Waals surface area contributed by atoms with E-state index in [1.807, 2.05) is 43.3 Å². The summed E-state index contributed by atoms with van der Waals surface area (Å²) in [6.07, 6.45) is 1.64. The van der Waals surface area contributed by atoms with E-state index in [9.17, 15) is 4.79 Å². The number of carbonyl (C=O) groups excluding carboxylic acids is 1. The lowest BCUT2D eigenvalue weighted by molar-refractivity contribution is -0.120. The molecule has 1 atom stereocenters. The first-order valence-electron chi connectivity index (χ1n) is 7.94.